The topological polar surface area (TPSA) is 52.0 Å². The fourth-order valence-electron chi connectivity index (χ4n) is 2.71. The normalized spacial score (nSPS) is 19.4. The van der Waals surface area contributed by atoms with Gasteiger partial charge in [-0.1, -0.05) is 6.92 Å². The summed E-state index contributed by atoms with van der Waals surface area (Å²) in [5.74, 6) is 1.41. The van der Waals surface area contributed by atoms with E-state index in [4.69, 9.17) is 0 Å². The second kappa shape index (κ2) is 6.03. The quantitative estimate of drug-likeness (QED) is 0.900. The zero-order valence-corrected chi connectivity index (χ0v) is 12.0. The Hall–Kier alpha value is -1.60. The van der Waals surface area contributed by atoms with Gasteiger partial charge in [-0.3, -0.25) is 0 Å². The predicted molar refractivity (Wildman–Crippen MR) is 77.1 cm³/mol. The Bertz CT molecular complexity index is 490. The fraction of sp³-hybridized carbons (Fsp3) is 0.600. The van der Waals surface area contributed by atoms with Gasteiger partial charge in [0, 0.05) is 18.8 Å². The van der Waals surface area contributed by atoms with E-state index in [-0.39, 0.29) is 0 Å². The summed E-state index contributed by atoms with van der Waals surface area (Å²) >= 11 is 0. The third kappa shape index (κ3) is 3.24. The van der Waals surface area contributed by atoms with Gasteiger partial charge in [0.1, 0.15) is 11.9 Å². The molecular formula is C15H22N4. The van der Waals surface area contributed by atoms with Crippen molar-refractivity contribution >= 4 is 5.82 Å². The molecule has 1 aliphatic rings. The molecule has 1 aliphatic heterocycles. The van der Waals surface area contributed by atoms with Crippen molar-refractivity contribution in [3.05, 3.63) is 22.9 Å². The number of nitriles is 1. The fourth-order valence-corrected chi connectivity index (χ4v) is 2.71. The first-order chi connectivity index (χ1) is 9.13. The van der Waals surface area contributed by atoms with Gasteiger partial charge in [0.25, 0.3) is 0 Å². The number of nitrogens with one attached hydrogen (secondary N) is 1. The second-order valence-corrected chi connectivity index (χ2v) is 5.34. The number of hydrogen-bond acceptors (Lipinski definition) is 4. The van der Waals surface area contributed by atoms with Gasteiger partial charge in [-0.2, -0.15) is 5.26 Å². The summed E-state index contributed by atoms with van der Waals surface area (Å²) in [4.78, 5) is 6.92. The van der Waals surface area contributed by atoms with Gasteiger partial charge in [0.2, 0.25) is 0 Å². The van der Waals surface area contributed by atoms with E-state index in [0.29, 0.717) is 11.5 Å². The van der Waals surface area contributed by atoms with E-state index in [1.807, 2.05) is 19.9 Å². The molecule has 1 saturated heterocycles. The summed E-state index contributed by atoms with van der Waals surface area (Å²) in [6, 6.07) is 4.21. The van der Waals surface area contributed by atoms with Crippen LogP contribution in [0.3, 0.4) is 0 Å². The highest BCUT2D eigenvalue weighted by Crippen LogP contribution is 2.20. The Labute approximate surface area is 115 Å². The SMILES string of the molecule is CCN1CCC(CNc2nc(C)cc(C)c2C#N)C1. The van der Waals surface area contributed by atoms with Gasteiger partial charge >= 0.3 is 0 Å². The van der Waals surface area contributed by atoms with E-state index < -0.39 is 0 Å². The van der Waals surface area contributed by atoms with Crippen LogP contribution in [-0.2, 0) is 0 Å². The third-order valence-corrected chi connectivity index (χ3v) is 3.83. The Kier molecular flexibility index (Phi) is 4.39. The van der Waals surface area contributed by atoms with E-state index in [9.17, 15) is 5.26 Å². The van der Waals surface area contributed by atoms with Crippen LogP contribution in [0.15, 0.2) is 6.07 Å². The smallest absolute Gasteiger partial charge is 0.144 e. The van der Waals surface area contributed by atoms with Crippen LogP contribution >= 0.6 is 0 Å². The molecule has 2 heterocycles. The number of pyridine rings is 1. The summed E-state index contributed by atoms with van der Waals surface area (Å²) < 4.78 is 0. The summed E-state index contributed by atoms with van der Waals surface area (Å²) in [5, 5.41) is 12.6. The summed E-state index contributed by atoms with van der Waals surface area (Å²) in [5.41, 5.74) is 2.63. The number of hydrogen-bond donors (Lipinski definition) is 1. The van der Waals surface area contributed by atoms with Crippen LogP contribution in [0.1, 0.15) is 30.2 Å². The molecule has 0 aromatic carbocycles. The number of aryl methyl sites for hydroxylation is 2. The number of likely N-dealkylation sites (tertiary alicyclic amines) is 1. The molecule has 1 aromatic rings. The minimum Gasteiger partial charge on any atom is -0.369 e. The zero-order chi connectivity index (χ0) is 13.8. The molecule has 0 spiro atoms. The molecule has 1 unspecified atom stereocenters. The molecule has 4 heteroatoms. The van der Waals surface area contributed by atoms with E-state index in [1.54, 1.807) is 0 Å². The van der Waals surface area contributed by atoms with Gasteiger partial charge < -0.3 is 10.2 Å². The van der Waals surface area contributed by atoms with Crippen molar-refractivity contribution in [2.24, 2.45) is 5.92 Å². The van der Waals surface area contributed by atoms with Crippen LogP contribution in [0.25, 0.3) is 0 Å². The Morgan fingerprint density at radius 3 is 2.95 bits per heavy atom. The first kappa shape index (κ1) is 13.8. The average Bonchev–Trinajstić information content (AvgIpc) is 2.83. The van der Waals surface area contributed by atoms with Crippen LogP contribution in [0.4, 0.5) is 5.82 Å². The maximum Gasteiger partial charge on any atom is 0.144 e. The molecule has 0 amide bonds. The Morgan fingerprint density at radius 1 is 1.53 bits per heavy atom. The maximum atomic E-state index is 9.22. The van der Waals surface area contributed by atoms with Crippen LogP contribution < -0.4 is 5.32 Å². The van der Waals surface area contributed by atoms with Crippen molar-refractivity contribution in [3.8, 4) is 6.07 Å². The van der Waals surface area contributed by atoms with Crippen molar-refractivity contribution in [3.63, 3.8) is 0 Å². The monoisotopic (exact) mass is 258 g/mol. The van der Waals surface area contributed by atoms with Gasteiger partial charge in [-0.25, -0.2) is 4.98 Å². The highest BCUT2D eigenvalue weighted by Gasteiger charge is 2.21. The zero-order valence-electron chi connectivity index (χ0n) is 12.0. The Morgan fingerprint density at radius 2 is 2.32 bits per heavy atom. The van der Waals surface area contributed by atoms with Gasteiger partial charge in [-0.05, 0) is 50.9 Å². The highest BCUT2D eigenvalue weighted by atomic mass is 15.1. The maximum absolute atomic E-state index is 9.22. The lowest BCUT2D eigenvalue weighted by Crippen LogP contribution is -2.23. The molecule has 2 rings (SSSR count). The molecule has 0 radical (unpaired) electrons. The van der Waals surface area contributed by atoms with E-state index in [2.05, 4.69) is 28.2 Å². The molecule has 0 saturated carbocycles. The standard InChI is InChI=1S/C15H22N4/c1-4-19-6-5-13(10-19)9-17-15-14(8-16)11(2)7-12(3)18-15/h7,13H,4-6,9-10H2,1-3H3,(H,17,18). The van der Waals surface area contributed by atoms with Crippen molar-refractivity contribution in [2.75, 3.05) is 31.5 Å². The van der Waals surface area contributed by atoms with Crippen LogP contribution in [0.5, 0.6) is 0 Å². The Balaban J connectivity index is 2.02. The van der Waals surface area contributed by atoms with Crippen molar-refractivity contribution < 1.29 is 0 Å². The molecule has 102 valence electrons. The largest absolute Gasteiger partial charge is 0.369 e. The number of rotatable bonds is 4. The number of aromatic nitrogens is 1. The van der Waals surface area contributed by atoms with Gasteiger partial charge in [0.05, 0.1) is 5.56 Å². The summed E-state index contributed by atoms with van der Waals surface area (Å²) in [6.07, 6.45) is 1.23. The first-order valence-electron chi connectivity index (χ1n) is 6.98. The lowest BCUT2D eigenvalue weighted by molar-refractivity contribution is 0.345. The summed E-state index contributed by atoms with van der Waals surface area (Å²) in [6.45, 7) is 10.5. The van der Waals surface area contributed by atoms with Crippen molar-refractivity contribution in [2.45, 2.75) is 27.2 Å². The molecule has 4 nitrogen and oxygen atoms in total. The molecule has 0 aliphatic carbocycles. The number of anilines is 1. The predicted octanol–water partition coefficient (Wildman–Crippen LogP) is 2.32. The third-order valence-electron chi connectivity index (χ3n) is 3.83. The molecule has 1 aromatic heterocycles. The second-order valence-electron chi connectivity index (χ2n) is 5.34. The molecular weight excluding hydrogens is 236 g/mol. The van der Waals surface area contributed by atoms with Crippen LogP contribution in [-0.4, -0.2) is 36.1 Å². The highest BCUT2D eigenvalue weighted by molar-refractivity contribution is 5.56. The van der Waals surface area contributed by atoms with Crippen molar-refractivity contribution in [1.29, 1.82) is 5.26 Å². The minimum absolute atomic E-state index is 0.661. The van der Waals surface area contributed by atoms with E-state index in [0.717, 1.165) is 36.7 Å². The summed E-state index contributed by atoms with van der Waals surface area (Å²) in [7, 11) is 0. The van der Waals surface area contributed by atoms with Gasteiger partial charge in [0.15, 0.2) is 0 Å². The lowest BCUT2D eigenvalue weighted by Gasteiger charge is -2.15. The van der Waals surface area contributed by atoms with Crippen molar-refractivity contribution in [1.82, 2.24) is 9.88 Å². The van der Waals surface area contributed by atoms with Crippen LogP contribution in [0, 0.1) is 31.1 Å². The molecule has 1 atom stereocenters. The van der Waals surface area contributed by atoms with E-state index in [1.165, 1.54) is 13.0 Å². The lowest BCUT2D eigenvalue weighted by atomic mass is 10.1. The number of nitrogens with zero attached hydrogens (tertiary/aromatic N) is 3. The van der Waals surface area contributed by atoms with Crippen LogP contribution in [0.2, 0.25) is 0 Å². The van der Waals surface area contributed by atoms with Gasteiger partial charge in [-0.15, -0.1) is 0 Å². The minimum atomic E-state index is 0.661. The molecule has 0 bridgehead atoms. The van der Waals surface area contributed by atoms with E-state index >= 15 is 0 Å². The molecule has 1 fully saturated rings. The molecule has 19 heavy (non-hydrogen) atoms. The molecule has 1 N–H and O–H groups in total. The first-order valence-corrected chi connectivity index (χ1v) is 6.98. The average molecular weight is 258 g/mol.